The van der Waals surface area contributed by atoms with Gasteiger partial charge in [0.2, 0.25) is 5.95 Å². The number of alkyl halides is 1. The SMILES string of the molecule is N#Cc1cnc(NC2CCC(CCN3CCN(c4cccc(Cl)c4Cl)CC3)CC2F)nc1. The predicted molar refractivity (Wildman–Crippen MR) is 126 cm³/mol. The van der Waals surface area contributed by atoms with Crippen LogP contribution in [0.25, 0.3) is 0 Å². The van der Waals surface area contributed by atoms with Crippen LogP contribution in [0.4, 0.5) is 16.0 Å². The highest BCUT2D eigenvalue weighted by Gasteiger charge is 2.31. The molecule has 1 saturated carbocycles. The summed E-state index contributed by atoms with van der Waals surface area (Å²) in [6.07, 6.45) is 5.31. The molecule has 1 saturated heterocycles. The first-order valence-electron chi connectivity index (χ1n) is 11.1. The van der Waals surface area contributed by atoms with Crippen LogP contribution in [0.2, 0.25) is 10.0 Å². The zero-order valence-corrected chi connectivity index (χ0v) is 19.4. The van der Waals surface area contributed by atoms with Crippen LogP contribution in [-0.2, 0) is 0 Å². The van der Waals surface area contributed by atoms with Crippen LogP contribution in [-0.4, -0.2) is 59.8 Å². The lowest BCUT2D eigenvalue weighted by molar-refractivity contribution is 0.157. The Morgan fingerprint density at radius 3 is 2.56 bits per heavy atom. The molecular weight excluding hydrogens is 450 g/mol. The lowest BCUT2D eigenvalue weighted by Gasteiger charge is -2.38. The Morgan fingerprint density at radius 2 is 1.88 bits per heavy atom. The number of nitriles is 1. The Balaban J connectivity index is 1.19. The molecule has 170 valence electrons. The van der Waals surface area contributed by atoms with Crippen molar-refractivity contribution >= 4 is 34.8 Å². The monoisotopic (exact) mass is 476 g/mol. The van der Waals surface area contributed by atoms with E-state index in [4.69, 9.17) is 28.5 Å². The number of piperazine rings is 1. The number of hydrogen-bond acceptors (Lipinski definition) is 6. The van der Waals surface area contributed by atoms with Gasteiger partial charge in [0.15, 0.2) is 0 Å². The van der Waals surface area contributed by atoms with Gasteiger partial charge >= 0.3 is 0 Å². The van der Waals surface area contributed by atoms with Gasteiger partial charge in [-0.15, -0.1) is 0 Å². The first-order chi connectivity index (χ1) is 15.5. The van der Waals surface area contributed by atoms with E-state index in [2.05, 4.69) is 25.1 Å². The summed E-state index contributed by atoms with van der Waals surface area (Å²) in [7, 11) is 0. The second-order valence-electron chi connectivity index (χ2n) is 8.54. The van der Waals surface area contributed by atoms with E-state index in [1.165, 1.54) is 12.4 Å². The summed E-state index contributed by atoms with van der Waals surface area (Å²) in [5, 5.41) is 13.1. The topological polar surface area (TPSA) is 68.1 Å². The molecule has 1 aliphatic heterocycles. The average Bonchev–Trinajstić information content (AvgIpc) is 2.82. The average molecular weight is 477 g/mol. The summed E-state index contributed by atoms with van der Waals surface area (Å²) in [6.45, 7) is 4.75. The fraction of sp³-hybridized carbons (Fsp3) is 0.522. The number of halogens is 3. The lowest BCUT2D eigenvalue weighted by Crippen LogP contribution is -2.47. The Morgan fingerprint density at radius 1 is 1.12 bits per heavy atom. The Kier molecular flexibility index (Phi) is 7.67. The van der Waals surface area contributed by atoms with Crippen molar-refractivity contribution < 1.29 is 4.39 Å². The molecule has 6 nitrogen and oxygen atoms in total. The number of benzene rings is 1. The van der Waals surface area contributed by atoms with Crippen molar-refractivity contribution in [1.29, 1.82) is 5.26 Å². The molecule has 2 fully saturated rings. The predicted octanol–water partition coefficient (Wildman–Crippen LogP) is 4.79. The van der Waals surface area contributed by atoms with Crippen LogP contribution >= 0.6 is 23.2 Å². The molecule has 9 heteroatoms. The third kappa shape index (κ3) is 5.61. The molecule has 2 aromatic rings. The van der Waals surface area contributed by atoms with Crippen molar-refractivity contribution in [2.75, 3.05) is 42.9 Å². The number of nitrogens with one attached hydrogen (secondary N) is 1. The van der Waals surface area contributed by atoms with E-state index in [9.17, 15) is 4.39 Å². The van der Waals surface area contributed by atoms with Crippen LogP contribution < -0.4 is 10.2 Å². The van der Waals surface area contributed by atoms with Crippen LogP contribution in [0.15, 0.2) is 30.6 Å². The van der Waals surface area contributed by atoms with Crippen molar-refractivity contribution in [2.24, 2.45) is 5.92 Å². The highest BCUT2D eigenvalue weighted by Crippen LogP contribution is 2.33. The van der Waals surface area contributed by atoms with E-state index in [0.29, 0.717) is 33.9 Å². The molecule has 2 heterocycles. The minimum atomic E-state index is -0.921. The second kappa shape index (κ2) is 10.7. The molecule has 1 aromatic carbocycles. The van der Waals surface area contributed by atoms with Gasteiger partial charge in [0, 0.05) is 26.2 Å². The van der Waals surface area contributed by atoms with Crippen molar-refractivity contribution in [3.63, 3.8) is 0 Å². The maximum atomic E-state index is 14.8. The smallest absolute Gasteiger partial charge is 0.222 e. The fourth-order valence-electron chi connectivity index (χ4n) is 4.56. The van der Waals surface area contributed by atoms with E-state index in [-0.39, 0.29) is 6.04 Å². The maximum Gasteiger partial charge on any atom is 0.222 e. The molecule has 1 aliphatic carbocycles. The van der Waals surface area contributed by atoms with Crippen LogP contribution in [0.3, 0.4) is 0 Å². The summed E-state index contributed by atoms with van der Waals surface area (Å²) in [5.74, 6) is 0.776. The minimum Gasteiger partial charge on any atom is -0.368 e. The van der Waals surface area contributed by atoms with Gasteiger partial charge in [0.25, 0.3) is 0 Å². The molecule has 32 heavy (non-hydrogen) atoms. The van der Waals surface area contributed by atoms with Gasteiger partial charge in [-0.3, -0.25) is 4.90 Å². The van der Waals surface area contributed by atoms with Gasteiger partial charge in [0.1, 0.15) is 12.2 Å². The molecule has 3 unspecified atom stereocenters. The number of hydrogen-bond donors (Lipinski definition) is 1. The zero-order valence-electron chi connectivity index (χ0n) is 17.9. The highest BCUT2D eigenvalue weighted by molar-refractivity contribution is 6.43. The van der Waals surface area contributed by atoms with Gasteiger partial charge < -0.3 is 10.2 Å². The molecule has 2 aliphatic rings. The van der Waals surface area contributed by atoms with Gasteiger partial charge in [-0.1, -0.05) is 29.3 Å². The van der Waals surface area contributed by atoms with Gasteiger partial charge in [0.05, 0.1) is 39.7 Å². The molecular formula is C23H27Cl2FN6. The van der Waals surface area contributed by atoms with Gasteiger partial charge in [-0.25, -0.2) is 14.4 Å². The number of aromatic nitrogens is 2. The molecule has 1 aromatic heterocycles. The van der Waals surface area contributed by atoms with Gasteiger partial charge in [-0.05, 0) is 50.3 Å². The minimum absolute atomic E-state index is 0.273. The second-order valence-corrected chi connectivity index (χ2v) is 9.33. The summed E-state index contributed by atoms with van der Waals surface area (Å²) < 4.78 is 14.8. The largest absolute Gasteiger partial charge is 0.368 e. The van der Waals surface area contributed by atoms with E-state index in [0.717, 1.165) is 57.7 Å². The van der Waals surface area contributed by atoms with Crippen LogP contribution in [0, 0.1) is 17.2 Å². The van der Waals surface area contributed by atoms with E-state index in [1.807, 2.05) is 24.3 Å². The summed E-state index contributed by atoms with van der Waals surface area (Å²) in [4.78, 5) is 12.9. The molecule has 0 amide bonds. The van der Waals surface area contributed by atoms with Crippen molar-refractivity contribution in [3.05, 3.63) is 46.2 Å². The van der Waals surface area contributed by atoms with Crippen molar-refractivity contribution in [1.82, 2.24) is 14.9 Å². The van der Waals surface area contributed by atoms with E-state index in [1.54, 1.807) is 0 Å². The standard InChI is InChI=1S/C23H27Cl2FN6/c24-18-2-1-3-21(22(18)25)32-10-8-31(9-11-32)7-6-16-4-5-20(19(26)12-16)30-23-28-14-17(13-27)15-29-23/h1-3,14-16,19-20H,4-12H2,(H,28,29,30). The van der Waals surface area contributed by atoms with E-state index >= 15 is 0 Å². The fourth-order valence-corrected chi connectivity index (χ4v) is 4.98. The Labute approximate surface area is 198 Å². The number of anilines is 2. The van der Waals surface area contributed by atoms with Crippen LogP contribution in [0.5, 0.6) is 0 Å². The van der Waals surface area contributed by atoms with Crippen molar-refractivity contribution in [2.45, 2.75) is 37.9 Å². The lowest BCUT2D eigenvalue weighted by atomic mass is 9.82. The molecule has 4 rings (SSSR count). The normalized spacial score (nSPS) is 24.2. The zero-order chi connectivity index (χ0) is 22.5. The molecule has 0 bridgehead atoms. The quantitative estimate of drug-likeness (QED) is 0.646. The molecule has 3 atom stereocenters. The third-order valence-electron chi connectivity index (χ3n) is 6.47. The van der Waals surface area contributed by atoms with Gasteiger partial charge in [-0.2, -0.15) is 5.26 Å². The molecule has 0 spiro atoms. The third-order valence-corrected chi connectivity index (χ3v) is 7.28. The maximum absolute atomic E-state index is 14.8. The molecule has 1 N–H and O–H groups in total. The summed E-state index contributed by atoms with van der Waals surface area (Å²) in [6, 6.07) is 7.47. The van der Waals surface area contributed by atoms with Crippen molar-refractivity contribution in [3.8, 4) is 6.07 Å². The summed E-state index contributed by atoms with van der Waals surface area (Å²) in [5.41, 5.74) is 1.39. The number of rotatable bonds is 6. The van der Waals surface area contributed by atoms with Crippen LogP contribution in [0.1, 0.15) is 31.2 Å². The Bertz CT molecular complexity index is 942. The highest BCUT2D eigenvalue weighted by atomic mass is 35.5. The van der Waals surface area contributed by atoms with E-state index < -0.39 is 6.17 Å². The molecule has 0 radical (unpaired) electrons. The summed E-state index contributed by atoms with van der Waals surface area (Å²) >= 11 is 12.5. The Hall–Kier alpha value is -2.14. The first-order valence-corrected chi connectivity index (χ1v) is 11.8. The number of nitrogens with zero attached hydrogens (tertiary/aromatic N) is 5. The first kappa shape index (κ1) is 23.0.